The van der Waals surface area contributed by atoms with Crippen LogP contribution in [0.1, 0.15) is 31.8 Å². The number of hydrogen-bond acceptors (Lipinski definition) is 7. The van der Waals surface area contributed by atoms with Gasteiger partial charge < -0.3 is 29.9 Å². The minimum absolute atomic E-state index is 0.169. The van der Waals surface area contributed by atoms with Gasteiger partial charge in [-0.3, -0.25) is 9.59 Å². The van der Waals surface area contributed by atoms with E-state index in [0.717, 1.165) is 5.56 Å². The molecule has 4 aromatic carbocycles. The molecule has 9 heteroatoms. The summed E-state index contributed by atoms with van der Waals surface area (Å²) >= 11 is 0. The van der Waals surface area contributed by atoms with E-state index in [-0.39, 0.29) is 11.8 Å². The summed E-state index contributed by atoms with van der Waals surface area (Å²) in [5.74, 6) is -0.437. The second-order valence-corrected chi connectivity index (χ2v) is 10.5. The molecular formula is C35H34N4O5. The molecule has 0 aromatic heterocycles. The molecule has 1 aliphatic heterocycles. The summed E-state index contributed by atoms with van der Waals surface area (Å²) < 4.78 is 10.4. The first kappa shape index (κ1) is 30.1. The lowest BCUT2D eigenvalue weighted by molar-refractivity contribution is -0.110. The number of anilines is 3. The van der Waals surface area contributed by atoms with Gasteiger partial charge in [0.2, 0.25) is 0 Å². The second-order valence-electron chi connectivity index (χ2n) is 10.5. The predicted octanol–water partition coefficient (Wildman–Crippen LogP) is 5.62. The van der Waals surface area contributed by atoms with Crippen molar-refractivity contribution < 1.29 is 23.9 Å². The number of nitrogens with zero attached hydrogens (tertiary/aromatic N) is 2. The van der Waals surface area contributed by atoms with E-state index >= 15 is 0 Å². The van der Waals surface area contributed by atoms with E-state index in [2.05, 4.69) is 10.6 Å². The summed E-state index contributed by atoms with van der Waals surface area (Å²) in [5.41, 5.74) is 5.21. The van der Waals surface area contributed by atoms with Gasteiger partial charge in [0.25, 0.3) is 11.8 Å². The molecule has 4 aromatic rings. The molecular weight excluding hydrogens is 556 g/mol. The first-order chi connectivity index (χ1) is 21.3. The lowest BCUT2D eigenvalue weighted by atomic mass is 9.98. The van der Waals surface area contributed by atoms with Gasteiger partial charge >= 0.3 is 5.97 Å². The van der Waals surface area contributed by atoms with Gasteiger partial charge in [0.1, 0.15) is 5.75 Å². The molecule has 0 saturated heterocycles. The zero-order valence-electron chi connectivity index (χ0n) is 25.1. The molecule has 224 valence electrons. The van der Waals surface area contributed by atoms with E-state index in [0.29, 0.717) is 63.9 Å². The normalized spacial score (nSPS) is 13.2. The topological polar surface area (TPSA) is 100 Å². The lowest BCUT2D eigenvalue weighted by Gasteiger charge is -2.26. The highest BCUT2D eigenvalue weighted by Crippen LogP contribution is 2.38. The molecule has 1 heterocycles. The number of carbonyl (C=O) groups excluding carboxylic acids is 3. The molecule has 1 aliphatic rings. The van der Waals surface area contributed by atoms with Gasteiger partial charge in [0.05, 0.1) is 36.6 Å². The van der Waals surface area contributed by atoms with Gasteiger partial charge in [0, 0.05) is 35.7 Å². The van der Waals surface area contributed by atoms with Crippen molar-refractivity contribution in [3.8, 4) is 5.75 Å². The third-order valence-electron chi connectivity index (χ3n) is 7.30. The SMILES string of the molecule is COC(=O)c1ccc2c(c1)C(=C(Nc1ccc(N(CCN(C)C)C(=O)c3ccccc3OC)cc1)c1ccccc1)C(=O)N2. The largest absolute Gasteiger partial charge is 0.496 e. The molecule has 0 atom stereocenters. The van der Waals surface area contributed by atoms with E-state index in [4.69, 9.17) is 9.47 Å². The highest BCUT2D eigenvalue weighted by Gasteiger charge is 2.30. The molecule has 9 nitrogen and oxygen atoms in total. The number of hydrogen-bond donors (Lipinski definition) is 2. The predicted molar refractivity (Wildman–Crippen MR) is 173 cm³/mol. The van der Waals surface area contributed by atoms with Crippen LogP contribution in [0.15, 0.2) is 97.1 Å². The molecule has 5 rings (SSSR count). The van der Waals surface area contributed by atoms with Gasteiger partial charge in [-0.15, -0.1) is 0 Å². The van der Waals surface area contributed by atoms with Crippen LogP contribution in [0, 0.1) is 0 Å². The lowest BCUT2D eigenvalue weighted by Crippen LogP contribution is -2.37. The summed E-state index contributed by atoms with van der Waals surface area (Å²) in [5, 5.41) is 6.34. The highest BCUT2D eigenvalue weighted by atomic mass is 16.5. The van der Waals surface area contributed by atoms with Crippen LogP contribution in [0.5, 0.6) is 5.75 Å². The molecule has 44 heavy (non-hydrogen) atoms. The molecule has 2 amide bonds. The van der Waals surface area contributed by atoms with Gasteiger partial charge in [-0.05, 0) is 74.3 Å². The maximum atomic E-state index is 13.7. The number of esters is 1. The van der Waals surface area contributed by atoms with Crippen LogP contribution in [-0.2, 0) is 9.53 Å². The Morgan fingerprint density at radius 1 is 0.818 bits per heavy atom. The minimum atomic E-state index is -0.488. The van der Waals surface area contributed by atoms with Crippen LogP contribution in [-0.4, -0.2) is 64.1 Å². The number of carbonyl (C=O) groups is 3. The Morgan fingerprint density at radius 3 is 2.20 bits per heavy atom. The number of likely N-dealkylation sites (N-methyl/N-ethyl adjacent to an activating group) is 1. The van der Waals surface area contributed by atoms with Crippen molar-refractivity contribution in [3.05, 3.63) is 119 Å². The molecule has 0 aliphatic carbocycles. The molecule has 0 spiro atoms. The number of ether oxygens (including phenoxy) is 2. The number of para-hydroxylation sites is 1. The average molecular weight is 591 g/mol. The quantitative estimate of drug-likeness (QED) is 0.183. The Hall–Kier alpha value is -5.41. The van der Waals surface area contributed by atoms with Crippen LogP contribution in [0.4, 0.5) is 17.1 Å². The first-order valence-corrected chi connectivity index (χ1v) is 14.1. The molecule has 0 bridgehead atoms. The molecule has 0 radical (unpaired) electrons. The fourth-order valence-electron chi connectivity index (χ4n) is 5.03. The minimum Gasteiger partial charge on any atom is -0.496 e. The van der Waals surface area contributed by atoms with Crippen molar-refractivity contribution >= 4 is 46.1 Å². The molecule has 0 fully saturated rings. The summed E-state index contributed by atoms with van der Waals surface area (Å²) in [6, 6.07) is 29.2. The van der Waals surface area contributed by atoms with Crippen molar-refractivity contribution in [2.24, 2.45) is 0 Å². The summed E-state index contributed by atoms with van der Waals surface area (Å²) in [4.78, 5) is 43.1. The van der Waals surface area contributed by atoms with Crippen molar-refractivity contribution in [2.45, 2.75) is 0 Å². The van der Waals surface area contributed by atoms with Gasteiger partial charge in [-0.1, -0.05) is 42.5 Å². The zero-order chi connectivity index (χ0) is 31.2. The smallest absolute Gasteiger partial charge is 0.337 e. The fourth-order valence-corrected chi connectivity index (χ4v) is 5.03. The number of fused-ring (bicyclic) bond motifs is 1. The van der Waals surface area contributed by atoms with E-state index < -0.39 is 5.97 Å². The number of benzene rings is 4. The monoisotopic (exact) mass is 590 g/mol. The van der Waals surface area contributed by atoms with Crippen LogP contribution in [0.25, 0.3) is 11.3 Å². The van der Waals surface area contributed by atoms with Gasteiger partial charge in [-0.25, -0.2) is 4.79 Å². The standard InChI is InChI=1S/C35H34N4O5/c1-38(2)20-21-39(34(41)27-12-8-9-13-30(27)43-3)26-17-15-25(16-18-26)36-32(23-10-6-5-7-11-23)31-28-22-24(35(42)44-4)14-19-29(28)37-33(31)40/h5-19,22,36H,20-21H2,1-4H3,(H,37,40). The number of rotatable bonds is 10. The van der Waals surface area contributed by atoms with Crippen molar-refractivity contribution in [1.82, 2.24) is 4.90 Å². The maximum absolute atomic E-state index is 13.7. The Labute approximate surface area is 256 Å². The summed E-state index contributed by atoms with van der Waals surface area (Å²) in [6.07, 6.45) is 0. The Bertz CT molecular complexity index is 1720. The molecule has 0 unspecified atom stereocenters. The van der Waals surface area contributed by atoms with E-state index in [9.17, 15) is 14.4 Å². The Balaban J connectivity index is 1.53. The third-order valence-corrected chi connectivity index (χ3v) is 7.30. The highest BCUT2D eigenvalue weighted by molar-refractivity contribution is 6.37. The summed E-state index contributed by atoms with van der Waals surface area (Å²) in [6.45, 7) is 1.13. The van der Waals surface area contributed by atoms with Crippen LogP contribution < -0.4 is 20.3 Å². The van der Waals surface area contributed by atoms with Crippen LogP contribution in [0.3, 0.4) is 0 Å². The number of amides is 2. The first-order valence-electron chi connectivity index (χ1n) is 14.1. The Morgan fingerprint density at radius 2 is 1.52 bits per heavy atom. The number of nitrogens with one attached hydrogen (secondary N) is 2. The number of methoxy groups -OCH3 is 2. The maximum Gasteiger partial charge on any atom is 0.337 e. The van der Waals surface area contributed by atoms with Crippen molar-refractivity contribution in [3.63, 3.8) is 0 Å². The van der Waals surface area contributed by atoms with E-state index in [1.165, 1.54) is 7.11 Å². The Kier molecular flexibility index (Phi) is 9.06. The van der Waals surface area contributed by atoms with Gasteiger partial charge in [0.15, 0.2) is 0 Å². The second kappa shape index (κ2) is 13.3. The van der Waals surface area contributed by atoms with Crippen LogP contribution >= 0.6 is 0 Å². The van der Waals surface area contributed by atoms with Crippen molar-refractivity contribution in [2.75, 3.05) is 56.9 Å². The average Bonchev–Trinajstić information content (AvgIpc) is 3.38. The fraction of sp³-hybridized carbons (Fsp3) is 0.171. The zero-order valence-corrected chi connectivity index (χ0v) is 25.1. The van der Waals surface area contributed by atoms with Crippen LogP contribution in [0.2, 0.25) is 0 Å². The third kappa shape index (κ3) is 6.33. The van der Waals surface area contributed by atoms with Gasteiger partial charge in [-0.2, -0.15) is 0 Å². The molecule has 2 N–H and O–H groups in total. The van der Waals surface area contributed by atoms with E-state index in [1.807, 2.05) is 85.7 Å². The summed E-state index contributed by atoms with van der Waals surface area (Å²) in [7, 11) is 6.79. The van der Waals surface area contributed by atoms with E-state index in [1.54, 1.807) is 42.3 Å². The van der Waals surface area contributed by atoms with Crippen molar-refractivity contribution in [1.29, 1.82) is 0 Å². The molecule has 0 saturated carbocycles.